The highest BCUT2D eigenvalue weighted by Gasteiger charge is 2.26. The van der Waals surface area contributed by atoms with Gasteiger partial charge in [-0.05, 0) is 0 Å². The van der Waals surface area contributed by atoms with Crippen LogP contribution >= 0.6 is 0 Å². The van der Waals surface area contributed by atoms with Crippen LogP contribution in [0.4, 0.5) is 0 Å². The monoisotopic (exact) mass is 134 g/mol. The average molecular weight is 134 g/mol. The maximum Gasteiger partial charge on any atom is 0.157 e. The molecule has 0 unspecified atom stereocenters. The van der Waals surface area contributed by atoms with Gasteiger partial charge < -0.3 is 20.1 Å². The molecule has 1 saturated heterocycles. The maximum atomic E-state index is 8.86. The van der Waals surface area contributed by atoms with Gasteiger partial charge in [0.15, 0.2) is 6.29 Å². The first-order chi connectivity index (χ1) is 4.20. The second-order valence-corrected chi connectivity index (χ2v) is 2.16. The molecule has 0 aliphatic carbocycles. The van der Waals surface area contributed by atoms with Crippen molar-refractivity contribution in [2.45, 2.75) is 24.9 Å². The molecule has 1 fully saturated rings. The van der Waals surface area contributed by atoms with Crippen molar-refractivity contribution in [3.63, 3.8) is 0 Å². The van der Waals surface area contributed by atoms with Gasteiger partial charge in [-0.15, -0.1) is 0 Å². The third-order valence-corrected chi connectivity index (χ3v) is 1.35. The molecule has 4 heteroatoms. The molecule has 0 saturated carbocycles. The highest BCUT2D eigenvalue weighted by Crippen LogP contribution is 2.11. The van der Waals surface area contributed by atoms with Gasteiger partial charge in [0.2, 0.25) is 0 Å². The molecule has 9 heavy (non-hydrogen) atoms. The Bertz CT molecular complexity index is 95.0. The van der Waals surface area contributed by atoms with Crippen molar-refractivity contribution < 1.29 is 20.1 Å². The summed E-state index contributed by atoms with van der Waals surface area (Å²) < 4.78 is 4.61. The Morgan fingerprint density at radius 3 is 2.22 bits per heavy atom. The topological polar surface area (TPSA) is 69.9 Å². The van der Waals surface area contributed by atoms with Crippen LogP contribution < -0.4 is 0 Å². The quantitative estimate of drug-likeness (QED) is 0.375. The first-order valence-electron chi connectivity index (χ1n) is 2.86. The van der Waals surface area contributed by atoms with Crippen molar-refractivity contribution in [3.05, 3.63) is 0 Å². The van der Waals surface area contributed by atoms with Crippen LogP contribution in [0.15, 0.2) is 0 Å². The van der Waals surface area contributed by atoms with Crippen LogP contribution in [0.3, 0.4) is 0 Å². The van der Waals surface area contributed by atoms with Crippen molar-refractivity contribution in [2.75, 3.05) is 6.61 Å². The van der Waals surface area contributed by atoms with Gasteiger partial charge in [-0.25, -0.2) is 0 Å². The molecule has 3 atom stereocenters. The van der Waals surface area contributed by atoms with E-state index in [4.69, 9.17) is 15.3 Å². The van der Waals surface area contributed by atoms with Crippen molar-refractivity contribution in [1.82, 2.24) is 0 Å². The van der Waals surface area contributed by atoms with Crippen molar-refractivity contribution in [3.8, 4) is 0 Å². The predicted molar refractivity (Wildman–Crippen MR) is 28.6 cm³/mol. The summed E-state index contributed by atoms with van der Waals surface area (Å²) in [7, 11) is 0. The number of hydrogen-bond donors (Lipinski definition) is 3. The van der Waals surface area contributed by atoms with Crippen molar-refractivity contribution >= 4 is 0 Å². The van der Waals surface area contributed by atoms with Crippen molar-refractivity contribution in [2.24, 2.45) is 0 Å². The van der Waals surface area contributed by atoms with Gasteiger partial charge in [0.25, 0.3) is 0 Å². The lowest BCUT2D eigenvalue weighted by atomic mass is 10.1. The fraction of sp³-hybridized carbons (Fsp3) is 1.00. The molecule has 0 spiro atoms. The molecule has 0 radical (unpaired) electrons. The van der Waals surface area contributed by atoms with Gasteiger partial charge in [0.05, 0.1) is 12.7 Å². The lowest BCUT2D eigenvalue weighted by Gasteiger charge is -2.26. The minimum absolute atomic E-state index is 0.0162. The van der Waals surface area contributed by atoms with Crippen LogP contribution in [0.25, 0.3) is 0 Å². The predicted octanol–water partition coefficient (Wildman–Crippen LogP) is -1.55. The van der Waals surface area contributed by atoms with E-state index < -0.39 is 18.5 Å². The van der Waals surface area contributed by atoms with E-state index >= 15 is 0 Å². The Hall–Kier alpha value is -0.160. The van der Waals surface area contributed by atoms with Gasteiger partial charge >= 0.3 is 0 Å². The van der Waals surface area contributed by atoms with Crippen molar-refractivity contribution in [1.29, 1.82) is 0 Å². The van der Waals surface area contributed by atoms with E-state index in [1.54, 1.807) is 0 Å². The van der Waals surface area contributed by atoms with E-state index in [0.717, 1.165) is 0 Å². The molecule has 4 nitrogen and oxygen atoms in total. The van der Waals surface area contributed by atoms with Crippen LogP contribution in [0.5, 0.6) is 0 Å². The third kappa shape index (κ3) is 1.62. The van der Waals surface area contributed by atoms with Gasteiger partial charge in [0.1, 0.15) is 6.10 Å². The van der Waals surface area contributed by atoms with E-state index in [1.807, 2.05) is 0 Å². The Morgan fingerprint density at radius 2 is 1.78 bits per heavy atom. The molecule has 0 amide bonds. The van der Waals surface area contributed by atoms with Crippen LogP contribution in [-0.4, -0.2) is 40.4 Å². The first-order valence-corrected chi connectivity index (χ1v) is 2.86. The Morgan fingerprint density at radius 1 is 1.11 bits per heavy atom. The molecule has 1 aliphatic heterocycles. The smallest absolute Gasteiger partial charge is 0.157 e. The Balaban J connectivity index is 2.35. The summed E-state index contributed by atoms with van der Waals surface area (Å²) in [6.07, 6.45) is -2.49. The molecular weight excluding hydrogens is 124 g/mol. The summed E-state index contributed by atoms with van der Waals surface area (Å²) in [4.78, 5) is 0. The van der Waals surface area contributed by atoms with E-state index in [0.29, 0.717) is 0 Å². The molecule has 0 aromatic rings. The maximum absolute atomic E-state index is 8.86. The standard InChI is InChI=1S/C5H10O4/c6-3-1-5(8)9-2-4(3)7/h3-8H,1-2H2/t3-,4+,5+/m0/s1. The fourth-order valence-corrected chi connectivity index (χ4v) is 0.752. The lowest BCUT2D eigenvalue weighted by Crippen LogP contribution is -2.40. The van der Waals surface area contributed by atoms with E-state index in [9.17, 15) is 0 Å². The molecule has 54 valence electrons. The lowest BCUT2D eigenvalue weighted by molar-refractivity contribution is -0.193. The molecule has 3 N–H and O–H groups in total. The minimum atomic E-state index is -0.914. The average Bonchev–Trinajstić information content (AvgIpc) is 1.80. The summed E-state index contributed by atoms with van der Waals surface area (Å²) >= 11 is 0. The highest BCUT2D eigenvalue weighted by molar-refractivity contribution is 4.72. The minimum Gasteiger partial charge on any atom is -0.390 e. The number of aliphatic hydroxyl groups excluding tert-OH is 3. The Kier molecular flexibility index (Phi) is 2.02. The summed E-state index contributed by atoms with van der Waals surface area (Å²) in [6, 6.07) is 0. The zero-order valence-corrected chi connectivity index (χ0v) is 4.90. The van der Waals surface area contributed by atoms with Crippen LogP contribution in [0.2, 0.25) is 0 Å². The summed E-state index contributed by atoms with van der Waals surface area (Å²) in [5, 5.41) is 26.4. The number of hydrogen-bond acceptors (Lipinski definition) is 4. The third-order valence-electron chi connectivity index (χ3n) is 1.35. The van der Waals surface area contributed by atoms with Gasteiger partial charge in [-0.1, -0.05) is 0 Å². The Labute approximate surface area is 52.7 Å². The molecule has 1 rings (SSSR count). The fourth-order valence-electron chi connectivity index (χ4n) is 0.752. The first kappa shape index (κ1) is 6.95. The van der Waals surface area contributed by atoms with E-state index in [-0.39, 0.29) is 13.0 Å². The van der Waals surface area contributed by atoms with E-state index in [1.165, 1.54) is 0 Å². The zero-order valence-electron chi connectivity index (χ0n) is 4.90. The van der Waals surface area contributed by atoms with Crippen LogP contribution in [0.1, 0.15) is 6.42 Å². The largest absolute Gasteiger partial charge is 0.390 e. The molecule has 0 bridgehead atoms. The summed E-state index contributed by atoms with van der Waals surface area (Å²) in [5.41, 5.74) is 0. The van der Waals surface area contributed by atoms with Gasteiger partial charge in [0, 0.05) is 6.42 Å². The van der Waals surface area contributed by atoms with Crippen LogP contribution in [0, 0.1) is 0 Å². The summed E-state index contributed by atoms with van der Waals surface area (Å²) in [6.45, 7) is 0.0162. The van der Waals surface area contributed by atoms with Crippen LogP contribution in [-0.2, 0) is 4.74 Å². The highest BCUT2D eigenvalue weighted by atomic mass is 16.6. The SMILES string of the molecule is O[C@@H]1CO[C@@H](O)C[C@@H]1O. The molecule has 0 aromatic heterocycles. The second-order valence-electron chi connectivity index (χ2n) is 2.16. The zero-order chi connectivity index (χ0) is 6.85. The van der Waals surface area contributed by atoms with Gasteiger partial charge in [-0.2, -0.15) is 0 Å². The number of ether oxygens (including phenoxy) is 1. The van der Waals surface area contributed by atoms with E-state index in [2.05, 4.69) is 4.74 Å². The normalized spacial score (nSPS) is 45.0. The molecule has 1 aliphatic rings. The molecule has 1 heterocycles. The van der Waals surface area contributed by atoms with Gasteiger partial charge in [-0.3, -0.25) is 0 Å². The second kappa shape index (κ2) is 2.62. The number of rotatable bonds is 0. The molecular formula is C5H10O4. The molecule has 0 aromatic carbocycles. The summed E-state index contributed by atoms with van der Waals surface area (Å²) in [5.74, 6) is 0. The number of aliphatic hydroxyl groups is 3.